The monoisotopic (exact) mass is 420 g/mol. The molecule has 0 fully saturated rings. The van der Waals surface area contributed by atoms with Crippen molar-refractivity contribution in [2.24, 2.45) is 0 Å². The molecule has 30 heavy (non-hydrogen) atoms. The van der Waals surface area contributed by atoms with Gasteiger partial charge in [0.15, 0.2) is 5.69 Å². The van der Waals surface area contributed by atoms with Crippen LogP contribution in [-0.2, 0) is 26.1 Å². The molecule has 7 heteroatoms. The molecule has 0 radical (unpaired) electrons. The fourth-order valence-electron chi connectivity index (χ4n) is 4.14. The Morgan fingerprint density at radius 2 is 1.77 bits per heavy atom. The molecular formula is C23H21ClN4O2. The lowest BCUT2D eigenvalue weighted by Gasteiger charge is -2.28. The van der Waals surface area contributed by atoms with Crippen LogP contribution in [0.5, 0.6) is 0 Å². The first-order chi connectivity index (χ1) is 14.6. The second kappa shape index (κ2) is 7.61. The van der Waals surface area contributed by atoms with Gasteiger partial charge in [0.1, 0.15) is 5.69 Å². The molecule has 0 bridgehead atoms. The number of aromatic nitrogens is 2. The standard InChI is InChI=1S/C23H21ClN4O2/c24-19-7-5-16(6-8-19)14-27-11-12-28-21(23(27)30)13-20(25-28)22(29)26-10-9-17-3-1-2-4-18(17)15-26/h1-8,13H,9-12,14-15H2. The molecule has 6 nitrogen and oxygen atoms in total. The number of nitrogens with zero attached hydrogens (tertiary/aromatic N) is 4. The van der Waals surface area contributed by atoms with E-state index in [0.29, 0.717) is 49.1 Å². The molecule has 0 saturated heterocycles. The van der Waals surface area contributed by atoms with Gasteiger partial charge in [-0.3, -0.25) is 14.3 Å². The van der Waals surface area contributed by atoms with E-state index >= 15 is 0 Å². The van der Waals surface area contributed by atoms with E-state index in [4.69, 9.17) is 11.6 Å². The predicted molar refractivity (Wildman–Crippen MR) is 113 cm³/mol. The van der Waals surface area contributed by atoms with Crippen LogP contribution in [0.2, 0.25) is 5.02 Å². The number of benzene rings is 2. The third-order valence-corrected chi connectivity index (χ3v) is 6.04. The van der Waals surface area contributed by atoms with Crippen molar-refractivity contribution < 1.29 is 9.59 Å². The van der Waals surface area contributed by atoms with E-state index in [1.165, 1.54) is 11.1 Å². The topological polar surface area (TPSA) is 58.4 Å². The highest BCUT2D eigenvalue weighted by molar-refractivity contribution is 6.30. The maximum atomic E-state index is 13.1. The fraction of sp³-hybridized carbons (Fsp3) is 0.261. The van der Waals surface area contributed by atoms with Crippen molar-refractivity contribution >= 4 is 23.4 Å². The maximum absolute atomic E-state index is 13.1. The molecule has 3 heterocycles. The van der Waals surface area contributed by atoms with Crippen molar-refractivity contribution in [3.8, 4) is 0 Å². The second-order valence-corrected chi connectivity index (χ2v) is 8.17. The van der Waals surface area contributed by atoms with Gasteiger partial charge in [0, 0.05) is 37.3 Å². The van der Waals surface area contributed by atoms with E-state index in [1.807, 2.05) is 41.3 Å². The van der Waals surface area contributed by atoms with Crippen LogP contribution in [0.4, 0.5) is 0 Å². The van der Waals surface area contributed by atoms with Gasteiger partial charge in [0.05, 0.1) is 6.54 Å². The molecule has 0 atom stereocenters. The van der Waals surface area contributed by atoms with Crippen LogP contribution in [0.1, 0.15) is 37.7 Å². The molecule has 3 aromatic rings. The van der Waals surface area contributed by atoms with Crippen LogP contribution in [0, 0.1) is 0 Å². The summed E-state index contributed by atoms with van der Waals surface area (Å²) in [6, 6.07) is 17.3. The third-order valence-electron chi connectivity index (χ3n) is 5.79. The molecule has 0 spiro atoms. The normalized spacial score (nSPS) is 15.7. The van der Waals surface area contributed by atoms with Gasteiger partial charge in [0.25, 0.3) is 11.8 Å². The number of amides is 2. The fourth-order valence-corrected chi connectivity index (χ4v) is 4.26. The first-order valence-corrected chi connectivity index (χ1v) is 10.4. The Morgan fingerprint density at radius 1 is 1.00 bits per heavy atom. The first kappa shape index (κ1) is 18.9. The number of halogens is 1. The number of carbonyl (C=O) groups is 2. The van der Waals surface area contributed by atoms with Crippen molar-refractivity contribution in [1.82, 2.24) is 19.6 Å². The Labute approximate surface area is 179 Å². The molecule has 2 aliphatic heterocycles. The second-order valence-electron chi connectivity index (χ2n) is 7.74. The Kier molecular flexibility index (Phi) is 4.79. The number of hydrogen-bond donors (Lipinski definition) is 0. The summed E-state index contributed by atoms with van der Waals surface area (Å²) >= 11 is 5.95. The largest absolute Gasteiger partial charge is 0.333 e. The molecule has 5 rings (SSSR count). The molecule has 0 unspecified atom stereocenters. The zero-order chi connectivity index (χ0) is 20.7. The van der Waals surface area contributed by atoms with Gasteiger partial charge < -0.3 is 9.80 Å². The molecule has 0 N–H and O–H groups in total. The van der Waals surface area contributed by atoms with Gasteiger partial charge in [0.2, 0.25) is 0 Å². The first-order valence-electron chi connectivity index (χ1n) is 10.1. The SMILES string of the molecule is O=C(c1cc2n(n1)CCN(Cc1ccc(Cl)cc1)C2=O)N1CCc2ccccc2C1. The zero-order valence-electron chi connectivity index (χ0n) is 16.4. The van der Waals surface area contributed by atoms with E-state index in [9.17, 15) is 9.59 Å². The van der Waals surface area contributed by atoms with Crippen molar-refractivity contribution in [3.63, 3.8) is 0 Å². The Morgan fingerprint density at radius 3 is 2.57 bits per heavy atom. The number of rotatable bonds is 3. The van der Waals surface area contributed by atoms with E-state index < -0.39 is 0 Å². The lowest BCUT2D eigenvalue weighted by molar-refractivity contribution is 0.0679. The molecule has 152 valence electrons. The summed E-state index contributed by atoms with van der Waals surface area (Å²) in [5.74, 6) is -0.227. The lowest BCUT2D eigenvalue weighted by atomic mass is 10.00. The molecule has 2 amide bonds. The van der Waals surface area contributed by atoms with Crippen LogP contribution in [0.3, 0.4) is 0 Å². The smallest absolute Gasteiger partial charge is 0.274 e. The summed E-state index contributed by atoms with van der Waals surface area (Å²) in [6.45, 7) is 2.88. The van der Waals surface area contributed by atoms with Gasteiger partial charge in [-0.2, -0.15) is 5.10 Å². The average molecular weight is 421 g/mol. The lowest BCUT2D eigenvalue weighted by Crippen LogP contribution is -2.39. The Hall–Kier alpha value is -3.12. The van der Waals surface area contributed by atoms with Crippen molar-refractivity contribution in [2.45, 2.75) is 26.1 Å². The van der Waals surface area contributed by atoms with Crippen LogP contribution in [0.25, 0.3) is 0 Å². The number of hydrogen-bond acceptors (Lipinski definition) is 3. The molecular weight excluding hydrogens is 400 g/mol. The predicted octanol–water partition coefficient (Wildman–Crippen LogP) is 3.39. The summed E-state index contributed by atoms with van der Waals surface area (Å²) in [5, 5.41) is 5.12. The third kappa shape index (κ3) is 3.48. The summed E-state index contributed by atoms with van der Waals surface area (Å²) in [5.41, 5.74) is 4.29. The molecule has 2 aliphatic rings. The highest BCUT2D eigenvalue weighted by Crippen LogP contribution is 2.22. The molecule has 0 aliphatic carbocycles. The number of carbonyl (C=O) groups excluding carboxylic acids is 2. The summed E-state index contributed by atoms with van der Waals surface area (Å²) in [4.78, 5) is 29.6. The minimum atomic E-state index is -0.122. The van der Waals surface area contributed by atoms with Crippen molar-refractivity contribution in [1.29, 1.82) is 0 Å². The van der Waals surface area contributed by atoms with Gasteiger partial charge in [-0.15, -0.1) is 0 Å². The highest BCUT2D eigenvalue weighted by Gasteiger charge is 2.30. The molecule has 0 saturated carbocycles. The van der Waals surface area contributed by atoms with Gasteiger partial charge in [-0.25, -0.2) is 0 Å². The van der Waals surface area contributed by atoms with Gasteiger partial charge >= 0.3 is 0 Å². The minimum absolute atomic E-state index is 0.105. The van der Waals surface area contributed by atoms with Crippen LogP contribution < -0.4 is 0 Å². The number of fused-ring (bicyclic) bond motifs is 2. The summed E-state index contributed by atoms with van der Waals surface area (Å²) < 4.78 is 1.66. The van der Waals surface area contributed by atoms with E-state index in [-0.39, 0.29) is 11.8 Å². The molecule has 2 aromatic carbocycles. The average Bonchev–Trinajstić information content (AvgIpc) is 3.21. The van der Waals surface area contributed by atoms with Crippen molar-refractivity contribution in [2.75, 3.05) is 13.1 Å². The molecule has 1 aromatic heterocycles. The summed E-state index contributed by atoms with van der Waals surface area (Å²) in [6.07, 6.45) is 0.837. The zero-order valence-corrected chi connectivity index (χ0v) is 17.2. The Balaban J connectivity index is 1.32. The van der Waals surface area contributed by atoms with Gasteiger partial charge in [-0.1, -0.05) is 48.0 Å². The van der Waals surface area contributed by atoms with Crippen LogP contribution in [-0.4, -0.2) is 44.5 Å². The van der Waals surface area contributed by atoms with Crippen molar-refractivity contribution in [3.05, 3.63) is 87.7 Å². The van der Waals surface area contributed by atoms with Gasteiger partial charge in [-0.05, 0) is 35.2 Å². The highest BCUT2D eigenvalue weighted by atomic mass is 35.5. The van der Waals surface area contributed by atoms with E-state index in [2.05, 4.69) is 17.2 Å². The maximum Gasteiger partial charge on any atom is 0.274 e. The van der Waals surface area contributed by atoms with Crippen LogP contribution in [0.15, 0.2) is 54.6 Å². The van der Waals surface area contributed by atoms with E-state index in [1.54, 1.807) is 15.6 Å². The minimum Gasteiger partial charge on any atom is -0.333 e. The quantitative estimate of drug-likeness (QED) is 0.652. The van der Waals surface area contributed by atoms with E-state index in [0.717, 1.165) is 12.0 Å². The summed E-state index contributed by atoms with van der Waals surface area (Å²) in [7, 11) is 0. The van der Waals surface area contributed by atoms with Crippen LogP contribution >= 0.6 is 11.6 Å². The Bertz CT molecular complexity index is 1120.